The molecule has 0 unspecified atom stereocenters. The molecule has 1 aliphatic heterocycles. The quantitative estimate of drug-likeness (QED) is 0.905. The van der Waals surface area contributed by atoms with Crippen molar-refractivity contribution in [2.45, 2.75) is 0 Å². The second kappa shape index (κ2) is 5.49. The van der Waals surface area contributed by atoms with E-state index in [0.717, 1.165) is 0 Å². The molecule has 21 heavy (non-hydrogen) atoms. The van der Waals surface area contributed by atoms with Crippen molar-refractivity contribution in [3.8, 4) is 0 Å². The third-order valence-corrected chi connectivity index (χ3v) is 3.65. The molecule has 1 aliphatic rings. The molecule has 0 bridgehead atoms. The van der Waals surface area contributed by atoms with Crippen LogP contribution in [0.2, 0.25) is 0 Å². The maximum atomic E-state index is 13.2. The van der Waals surface area contributed by atoms with E-state index in [-0.39, 0.29) is 24.9 Å². The Morgan fingerprint density at radius 2 is 2.38 bits per heavy atom. The van der Waals surface area contributed by atoms with Crippen molar-refractivity contribution in [3.63, 3.8) is 0 Å². The fraction of sp³-hybridized carbons (Fsp3) is 0.154. The van der Waals surface area contributed by atoms with E-state index in [1.165, 1.54) is 34.4 Å². The summed E-state index contributed by atoms with van der Waals surface area (Å²) in [5, 5.41) is 7.65. The lowest BCUT2D eigenvalue weighted by Crippen LogP contribution is -2.44. The fourth-order valence-corrected chi connectivity index (χ4v) is 2.59. The number of halogens is 1. The van der Waals surface area contributed by atoms with Crippen LogP contribution >= 0.6 is 11.3 Å². The molecule has 0 aliphatic carbocycles. The number of anilines is 3. The summed E-state index contributed by atoms with van der Waals surface area (Å²) >= 11 is 1.29. The Kier molecular flexibility index (Phi) is 3.53. The Morgan fingerprint density at radius 3 is 3.14 bits per heavy atom. The summed E-state index contributed by atoms with van der Waals surface area (Å²) in [6, 6.07) is 4.03. The van der Waals surface area contributed by atoms with Crippen molar-refractivity contribution in [1.29, 1.82) is 0 Å². The van der Waals surface area contributed by atoms with Gasteiger partial charge in [-0.3, -0.25) is 14.5 Å². The van der Waals surface area contributed by atoms with Crippen LogP contribution in [-0.2, 0) is 9.59 Å². The minimum atomic E-state index is -0.400. The summed E-state index contributed by atoms with van der Waals surface area (Å²) in [4.78, 5) is 29.2. The molecule has 108 valence electrons. The van der Waals surface area contributed by atoms with Crippen LogP contribution in [0.5, 0.6) is 0 Å². The summed E-state index contributed by atoms with van der Waals surface area (Å²) in [5.41, 5.74) is 0.985. The van der Waals surface area contributed by atoms with Crippen LogP contribution in [0.3, 0.4) is 0 Å². The zero-order valence-corrected chi connectivity index (χ0v) is 11.6. The van der Waals surface area contributed by atoms with E-state index in [1.54, 1.807) is 11.6 Å². The van der Waals surface area contributed by atoms with Crippen molar-refractivity contribution >= 4 is 39.7 Å². The molecule has 2 aromatic rings. The molecule has 2 heterocycles. The third-order valence-electron chi connectivity index (χ3n) is 2.96. The van der Waals surface area contributed by atoms with Crippen molar-refractivity contribution < 1.29 is 14.0 Å². The topological polar surface area (TPSA) is 74.3 Å². The molecular weight excluding hydrogens is 295 g/mol. The lowest BCUT2D eigenvalue weighted by Gasteiger charge is -2.29. The van der Waals surface area contributed by atoms with E-state index in [1.807, 2.05) is 0 Å². The molecule has 0 atom stereocenters. The highest BCUT2D eigenvalue weighted by Crippen LogP contribution is 2.29. The molecule has 1 aromatic heterocycles. The molecule has 8 heteroatoms. The van der Waals surface area contributed by atoms with Gasteiger partial charge in [-0.15, -0.1) is 11.3 Å². The largest absolute Gasteiger partial charge is 0.374 e. The molecule has 2 N–H and O–H groups in total. The fourth-order valence-electron chi connectivity index (χ4n) is 2.05. The lowest BCUT2D eigenvalue weighted by atomic mass is 10.2. The number of aromatic nitrogens is 1. The highest BCUT2D eigenvalue weighted by atomic mass is 32.1. The van der Waals surface area contributed by atoms with Crippen LogP contribution < -0.4 is 15.5 Å². The van der Waals surface area contributed by atoms with Gasteiger partial charge in [-0.1, -0.05) is 0 Å². The van der Waals surface area contributed by atoms with E-state index < -0.39 is 5.82 Å². The maximum Gasteiger partial charge on any atom is 0.246 e. The molecular formula is C13H11FN4O2S. The number of nitrogens with zero attached hydrogens (tertiary/aromatic N) is 2. The van der Waals surface area contributed by atoms with Crippen LogP contribution in [0.1, 0.15) is 0 Å². The van der Waals surface area contributed by atoms with Crippen molar-refractivity contribution in [2.75, 3.05) is 28.6 Å². The number of carbonyl (C=O) groups is 2. The minimum absolute atomic E-state index is 0.0288. The number of hydrogen-bond donors (Lipinski definition) is 2. The summed E-state index contributed by atoms with van der Waals surface area (Å²) in [6.07, 6.45) is 1.58. The van der Waals surface area contributed by atoms with Gasteiger partial charge in [0.1, 0.15) is 12.4 Å². The van der Waals surface area contributed by atoms with E-state index in [9.17, 15) is 14.0 Å². The monoisotopic (exact) mass is 306 g/mol. The first-order valence-electron chi connectivity index (χ1n) is 6.16. The summed E-state index contributed by atoms with van der Waals surface area (Å²) in [6.45, 7) is -0.111. The average Bonchev–Trinajstić information content (AvgIpc) is 2.95. The zero-order valence-electron chi connectivity index (χ0n) is 10.8. The molecule has 2 amide bonds. The van der Waals surface area contributed by atoms with Crippen LogP contribution in [0.4, 0.5) is 20.9 Å². The average molecular weight is 306 g/mol. The molecule has 1 aromatic carbocycles. The number of hydrogen-bond acceptors (Lipinski definition) is 5. The lowest BCUT2D eigenvalue weighted by molar-refractivity contribution is -0.120. The number of nitrogens with one attached hydrogen (secondary N) is 2. The molecule has 0 radical (unpaired) electrons. The van der Waals surface area contributed by atoms with Crippen LogP contribution in [0.25, 0.3) is 0 Å². The smallest absolute Gasteiger partial charge is 0.246 e. The molecule has 3 rings (SSSR count). The number of thiazole rings is 1. The number of amides is 2. The van der Waals surface area contributed by atoms with E-state index >= 15 is 0 Å². The molecule has 0 saturated carbocycles. The number of benzene rings is 1. The molecule has 6 nitrogen and oxygen atoms in total. The minimum Gasteiger partial charge on any atom is -0.374 e. The van der Waals surface area contributed by atoms with Crippen molar-refractivity contribution in [1.82, 2.24) is 4.98 Å². The maximum absolute atomic E-state index is 13.2. The van der Waals surface area contributed by atoms with Crippen LogP contribution in [0, 0.1) is 5.82 Å². The van der Waals surface area contributed by atoms with Gasteiger partial charge in [0.05, 0.1) is 17.9 Å². The Balaban J connectivity index is 1.78. The van der Waals surface area contributed by atoms with Gasteiger partial charge in [0.2, 0.25) is 11.8 Å². The standard InChI is InChI=1S/C13H11FN4O2S/c14-8-1-2-10-9(5-8)16-6-12(20)18(10)7-11(19)17-13-15-3-4-21-13/h1-5,16H,6-7H2,(H,15,17,19). The van der Waals surface area contributed by atoms with E-state index in [4.69, 9.17) is 0 Å². The normalized spacial score (nSPS) is 13.6. The van der Waals surface area contributed by atoms with Crippen molar-refractivity contribution in [2.24, 2.45) is 0 Å². The van der Waals surface area contributed by atoms with Gasteiger partial charge in [0.15, 0.2) is 5.13 Å². The van der Waals surface area contributed by atoms with Gasteiger partial charge in [0.25, 0.3) is 0 Å². The van der Waals surface area contributed by atoms with Gasteiger partial charge < -0.3 is 10.6 Å². The van der Waals surface area contributed by atoms with Gasteiger partial charge in [0, 0.05) is 11.6 Å². The summed E-state index contributed by atoms with van der Waals surface area (Å²) in [7, 11) is 0. The molecule has 0 saturated heterocycles. The summed E-state index contributed by atoms with van der Waals surface area (Å²) < 4.78 is 13.2. The van der Waals surface area contributed by atoms with Gasteiger partial charge in [-0.2, -0.15) is 0 Å². The van der Waals surface area contributed by atoms with Gasteiger partial charge in [-0.05, 0) is 18.2 Å². The Morgan fingerprint density at radius 1 is 1.52 bits per heavy atom. The second-order valence-electron chi connectivity index (χ2n) is 4.38. The third kappa shape index (κ3) is 2.84. The second-order valence-corrected chi connectivity index (χ2v) is 5.27. The molecule has 0 spiro atoms. The Hall–Kier alpha value is -2.48. The highest BCUT2D eigenvalue weighted by molar-refractivity contribution is 7.13. The number of carbonyl (C=O) groups excluding carboxylic acids is 2. The summed E-state index contributed by atoms with van der Waals surface area (Å²) in [5.74, 6) is -0.998. The van der Waals surface area contributed by atoms with E-state index in [2.05, 4.69) is 15.6 Å². The SMILES string of the molecule is O=C(CN1C(=O)CNc2cc(F)ccc21)Nc1nccs1. The van der Waals surface area contributed by atoms with E-state index in [0.29, 0.717) is 16.5 Å². The first-order chi connectivity index (χ1) is 10.1. The number of fused-ring (bicyclic) bond motifs is 1. The van der Waals surface area contributed by atoms with Crippen molar-refractivity contribution in [3.05, 3.63) is 35.6 Å². The Labute approximate surface area is 123 Å². The predicted molar refractivity (Wildman–Crippen MR) is 78.0 cm³/mol. The van der Waals surface area contributed by atoms with Gasteiger partial charge >= 0.3 is 0 Å². The van der Waals surface area contributed by atoms with Crippen LogP contribution in [0.15, 0.2) is 29.8 Å². The molecule has 0 fully saturated rings. The Bertz CT molecular complexity index is 689. The first-order valence-corrected chi connectivity index (χ1v) is 7.04. The van der Waals surface area contributed by atoms with Gasteiger partial charge in [-0.25, -0.2) is 9.37 Å². The first kappa shape index (κ1) is 13.5. The number of rotatable bonds is 3. The highest BCUT2D eigenvalue weighted by Gasteiger charge is 2.26. The zero-order chi connectivity index (χ0) is 14.8. The predicted octanol–water partition coefficient (Wildman–Crippen LogP) is 1.68. The van der Waals surface area contributed by atoms with Crippen LogP contribution in [-0.4, -0.2) is 29.9 Å².